The minimum Gasteiger partial charge on any atom is -0.456 e. The second kappa shape index (κ2) is 6.43. The molecule has 0 radical (unpaired) electrons. The quantitative estimate of drug-likeness (QED) is 0.617. The van der Waals surface area contributed by atoms with Gasteiger partial charge in [-0.15, -0.1) is 0 Å². The third-order valence-electron chi connectivity index (χ3n) is 2.78. The SMILES string of the molecule is C[C@@H](N)c1ccc(Oc2cc(Br)cc([N+](=O)[O-])c2)c(Cl)c1. The highest BCUT2D eigenvalue weighted by Crippen LogP contribution is 2.34. The highest BCUT2D eigenvalue weighted by Gasteiger charge is 2.12. The second-order valence-corrected chi connectivity index (χ2v) is 5.81. The second-order valence-electron chi connectivity index (χ2n) is 4.48. The van der Waals surface area contributed by atoms with Crippen molar-refractivity contribution in [2.75, 3.05) is 0 Å². The van der Waals surface area contributed by atoms with Gasteiger partial charge in [0.05, 0.1) is 16.0 Å². The highest BCUT2D eigenvalue weighted by atomic mass is 79.9. The van der Waals surface area contributed by atoms with Gasteiger partial charge in [0.15, 0.2) is 0 Å². The van der Waals surface area contributed by atoms with Crippen molar-refractivity contribution in [2.24, 2.45) is 5.73 Å². The lowest BCUT2D eigenvalue weighted by atomic mass is 10.1. The van der Waals surface area contributed by atoms with Gasteiger partial charge < -0.3 is 10.5 Å². The van der Waals surface area contributed by atoms with E-state index in [1.807, 2.05) is 6.92 Å². The molecule has 0 spiro atoms. The van der Waals surface area contributed by atoms with Crippen LogP contribution in [0.25, 0.3) is 0 Å². The number of hydrogen-bond acceptors (Lipinski definition) is 4. The van der Waals surface area contributed by atoms with Gasteiger partial charge in [-0.25, -0.2) is 0 Å². The standard InChI is InChI=1S/C14H12BrClN2O3/c1-8(17)9-2-3-14(13(16)4-9)21-12-6-10(15)5-11(7-12)18(19)20/h2-8H,17H2,1H3/t8-/m1/s1. The molecule has 0 heterocycles. The molecule has 0 aliphatic rings. The number of benzene rings is 2. The van der Waals surface area contributed by atoms with E-state index in [9.17, 15) is 10.1 Å². The van der Waals surface area contributed by atoms with Crippen molar-refractivity contribution in [3.63, 3.8) is 0 Å². The Kier molecular flexibility index (Phi) is 4.82. The van der Waals surface area contributed by atoms with Crippen molar-refractivity contribution in [2.45, 2.75) is 13.0 Å². The summed E-state index contributed by atoms with van der Waals surface area (Å²) in [7, 11) is 0. The lowest BCUT2D eigenvalue weighted by molar-refractivity contribution is -0.385. The smallest absolute Gasteiger partial charge is 0.274 e. The molecule has 0 saturated carbocycles. The Hall–Kier alpha value is -1.63. The van der Waals surface area contributed by atoms with Crippen LogP contribution >= 0.6 is 27.5 Å². The molecule has 21 heavy (non-hydrogen) atoms. The molecule has 0 aromatic heterocycles. The number of hydrogen-bond donors (Lipinski definition) is 1. The molecule has 0 bridgehead atoms. The molecule has 2 aromatic rings. The van der Waals surface area contributed by atoms with E-state index in [4.69, 9.17) is 22.1 Å². The van der Waals surface area contributed by atoms with Crippen LogP contribution in [0.1, 0.15) is 18.5 Å². The fourth-order valence-electron chi connectivity index (χ4n) is 1.72. The third kappa shape index (κ3) is 3.93. The Labute approximate surface area is 134 Å². The van der Waals surface area contributed by atoms with Gasteiger partial charge in [0, 0.05) is 16.6 Å². The Balaban J connectivity index is 2.32. The lowest BCUT2D eigenvalue weighted by Gasteiger charge is -2.11. The Bertz CT molecular complexity index is 692. The monoisotopic (exact) mass is 370 g/mol. The normalized spacial score (nSPS) is 12.0. The van der Waals surface area contributed by atoms with E-state index < -0.39 is 4.92 Å². The van der Waals surface area contributed by atoms with Crippen molar-refractivity contribution >= 4 is 33.2 Å². The van der Waals surface area contributed by atoms with Crippen LogP contribution in [0.15, 0.2) is 40.9 Å². The van der Waals surface area contributed by atoms with Crippen LogP contribution in [0.4, 0.5) is 5.69 Å². The maximum Gasteiger partial charge on any atom is 0.274 e. The van der Waals surface area contributed by atoms with Gasteiger partial charge >= 0.3 is 0 Å². The Morgan fingerprint density at radius 2 is 2.05 bits per heavy atom. The summed E-state index contributed by atoms with van der Waals surface area (Å²) in [5.74, 6) is 0.736. The first kappa shape index (κ1) is 15.8. The topological polar surface area (TPSA) is 78.4 Å². The first-order valence-corrected chi connectivity index (χ1v) is 7.22. The molecular weight excluding hydrogens is 360 g/mol. The van der Waals surface area contributed by atoms with Crippen LogP contribution in [0.2, 0.25) is 5.02 Å². The number of nitrogens with two attached hydrogens (primary N) is 1. The van der Waals surface area contributed by atoms with E-state index in [-0.39, 0.29) is 11.7 Å². The predicted octanol–water partition coefficient (Wildman–Crippen LogP) is 4.82. The summed E-state index contributed by atoms with van der Waals surface area (Å²) in [6.45, 7) is 1.85. The number of halogens is 2. The zero-order valence-electron chi connectivity index (χ0n) is 11.0. The average molecular weight is 372 g/mol. The van der Waals surface area contributed by atoms with Crippen LogP contribution < -0.4 is 10.5 Å². The van der Waals surface area contributed by atoms with Crippen LogP contribution in [0, 0.1) is 10.1 Å². The van der Waals surface area contributed by atoms with E-state index in [1.165, 1.54) is 12.1 Å². The summed E-state index contributed by atoms with van der Waals surface area (Å²) in [6, 6.07) is 9.43. The molecular formula is C14H12BrClN2O3. The summed E-state index contributed by atoms with van der Waals surface area (Å²) < 4.78 is 6.16. The minimum atomic E-state index is -0.488. The summed E-state index contributed by atoms with van der Waals surface area (Å²) >= 11 is 9.35. The zero-order chi connectivity index (χ0) is 15.6. The molecule has 2 aromatic carbocycles. The number of ether oxygens (including phenoxy) is 1. The summed E-state index contributed by atoms with van der Waals surface area (Å²) in [5.41, 5.74) is 6.59. The number of nitro groups is 1. The van der Waals surface area contributed by atoms with Crippen molar-refractivity contribution in [3.05, 3.63) is 61.6 Å². The summed E-state index contributed by atoms with van der Waals surface area (Å²) in [6.07, 6.45) is 0. The van der Waals surface area contributed by atoms with Crippen LogP contribution in [-0.4, -0.2) is 4.92 Å². The van der Waals surface area contributed by atoms with Gasteiger partial charge in [0.2, 0.25) is 0 Å². The number of rotatable bonds is 4. The summed E-state index contributed by atoms with van der Waals surface area (Å²) in [4.78, 5) is 10.3. The van der Waals surface area contributed by atoms with Gasteiger partial charge in [-0.3, -0.25) is 10.1 Å². The summed E-state index contributed by atoms with van der Waals surface area (Å²) in [5, 5.41) is 11.2. The van der Waals surface area contributed by atoms with Gasteiger partial charge in [0.25, 0.3) is 5.69 Å². The largest absolute Gasteiger partial charge is 0.456 e. The predicted molar refractivity (Wildman–Crippen MR) is 84.9 cm³/mol. The first-order valence-electron chi connectivity index (χ1n) is 6.04. The first-order chi connectivity index (χ1) is 9.86. The molecule has 0 fully saturated rings. The van der Waals surface area contributed by atoms with Gasteiger partial charge in [-0.05, 0) is 30.7 Å². The zero-order valence-corrected chi connectivity index (χ0v) is 13.4. The Morgan fingerprint density at radius 1 is 1.33 bits per heavy atom. The number of nitrogens with zero attached hydrogens (tertiary/aromatic N) is 1. The van der Waals surface area contributed by atoms with Gasteiger partial charge in [-0.1, -0.05) is 33.6 Å². The minimum absolute atomic E-state index is 0.0669. The van der Waals surface area contributed by atoms with Crippen LogP contribution in [0.5, 0.6) is 11.5 Å². The van der Waals surface area contributed by atoms with Crippen molar-refractivity contribution in [1.29, 1.82) is 0 Å². The van der Waals surface area contributed by atoms with E-state index in [1.54, 1.807) is 24.3 Å². The van der Waals surface area contributed by atoms with E-state index in [2.05, 4.69) is 15.9 Å². The van der Waals surface area contributed by atoms with Crippen LogP contribution in [0.3, 0.4) is 0 Å². The van der Waals surface area contributed by atoms with E-state index in [0.717, 1.165) is 5.56 Å². The average Bonchev–Trinajstić information content (AvgIpc) is 2.40. The van der Waals surface area contributed by atoms with Gasteiger partial charge in [-0.2, -0.15) is 0 Å². The lowest BCUT2D eigenvalue weighted by Crippen LogP contribution is -2.04. The fraction of sp³-hybridized carbons (Fsp3) is 0.143. The molecule has 2 rings (SSSR count). The highest BCUT2D eigenvalue weighted by molar-refractivity contribution is 9.10. The molecule has 7 heteroatoms. The maximum atomic E-state index is 10.8. The molecule has 5 nitrogen and oxygen atoms in total. The molecule has 0 unspecified atom stereocenters. The van der Waals surface area contributed by atoms with Crippen molar-refractivity contribution in [1.82, 2.24) is 0 Å². The number of non-ortho nitro benzene ring substituents is 1. The van der Waals surface area contributed by atoms with E-state index in [0.29, 0.717) is 21.0 Å². The van der Waals surface area contributed by atoms with Crippen LogP contribution in [-0.2, 0) is 0 Å². The van der Waals surface area contributed by atoms with Crippen molar-refractivity contribution in [3.8, 4) is 11.5 Å². The van der Waals surface area contributed by atoms with Crippen molar-refractivity contribution < 1.29 is 9.66 Å². The molecule has 1 atom stereocenters. The molecule has 0 saturated heterocycles. The maximum absolute atomic E-state index is 10.8. The van der Waals surface area contributed by atoms with E-state index >= 15 is 0 Å². The number of nitro benzene ring substituents is 1. The molecule has 0 amide bonds. The third-order valence-corrected chi connectivity index (χ3v) is 3.53. The molecule has 110 valence electrons. The fourth-order valence-corrected chi connectivity index (χ4v) is 2.41. The Morgan fingerprint density at radius 3 is 2.62 bits per heavy atom. The molecule has 2 N–H and O–H groups in total. The molecule has 0 aliphatic carbocycles. The molecule has 0 aliphatic heterocycles. The van der Waals surface area contributed by atoms with Gasteiger partial charge in [0.1, 0.15) is 11.5 Å².